The Balaban J connectivity index is 1.63. The molecule has 0 aliphatic rings. The van der Waals surface area contributed by atoms with E-state index < -0.39 is 0 Å². The zero-order valence-corrected chi connectivity index (χ0v) is 15.3. The minimum atomic E-state index is 0.120. The SMILES string of the molecule is Cc1cc(NC(C)c2ccc(-n3cncn3)cc2)n2nc(C)c(C)c2n1. The summed E-state index contributed by atoms with van der Waals surface area (Å²) < 4.78 is 3.63. The highest BCUT2D eigenvalue weighted by molar-refractivity contribution is 5.56. The zero-order chi connectivity index (χ0) is 18.3. The van der Waals surface area contributed by atoms with Crippen LogP contribution in [0.3, 0.4) is 0 Å². The van der Waals surface area contributed by atoms with E-state index in [4.69, 9.17) is 0 Å². The third-order valence-corrected chi connectivity index (χ3v) is 4.63. The molecule has 0 fully saturated rings. The van der Waals surface area contributed by atoms with Crippen molar-refractivity contribution < 1.29 is 0 Å². The van der Waals surface area contributed by atoms with E-state index in [1.165, 1.54) is 11.9 Å². The Morgan fingerprint density at radius 2 is 1.85 bits per heavy atom. The highest BCUT2D eigenvalue weighted by Gasteiger charge is 2.13. The first-order valence-corrected chi connectivity index (χ1v) is 8.58. The number of nitrogens with zero attached hydrogens (tertiary/aromatic N) is 6. The molecule has 3 aromatic heterocycles. The van der Waals surface area contributed by atoms with Crippen LogP contribution < -0.4 is 5.32 Å². The summed E-state index contributed by atoms with van der Waals surface area (Å²) in [6, 6.07) is 10.4. The van der Waals surface area contributed by atoms with Gasteiger partial charge in [-0.25, -0.2) is 14.6 Å². The van der Waals surface area contributed by atoms with Crippen LogP contribution in [0.2, 0.25) is 0 Å². The third kappa shape index (κ3) is 2.81. The molecule has 0 bridgehead atoms. The molecule has 7 nitrogen and oxygen atoms in total. The fourth-order valence-electron chi connectivity index (χ4n) is 3.02. The van der Waals surface area contributed by atoms with Crippen molar-refractivity contribution in [1.82, 2.24) is 29.4 Å². The molecule has 0 aliphatic carbocycles. The molecular formula is C19H21N7. The number of anilines is 1. The molecule has 0 spiro atoms. The van der Waals surface area contributed by atoms with Crippen LogP contribution in [0.15, 0.2) is 43.0 Å². The van der Waals surface area contributed by atoms with Crippen molar-refractivity contribution in [2.24, 2.45) is 0 Å². The number of hydrogen-bond donors (Lipinski definition) is 1. The summed E-state index contributed by atoms with van der Waals surface area (Å²) in [5, 5.41) is 12.3. The molecule has 0 saturated carbocycles. The maximum absolute atomic E-state index is 4.62. The Kier molecular flexibility index (Phi) is 3.91. The molecule has 1 aromatic carbocycles. The van der Waals surface area contributed by atoms with Gasteiger partial charge in [-0.2, -0.15) is 14.7 Å². The van der Waals surface area contributed by atoms with Crippen molar-refractivity contribution in [3.05, 3.63) is 65.5 Å². The highest BCUT2D eigenvalue weighted by atomic mass is 15.3. The van der Waals surface area contributed by atoms with Crippen molar-refractivity contribution in [3.8, 4) is 5.69 Å². The van der Waals surface area contributed by atoms with Crippen molar-refractivity contribution >= 4 is 11.5 Å². The van der Waals surface area contributed by atoms with Crippen LogP contribution in [0.4, 0.5) is 5.82 Å². The lowest BCUT2D eigenvalue weighted by Gasteiger charge is -2.17. The number of rotatable bonds is 4. The largest absolute Gasteiger partial charge is 0.363 e. The van der Waals surface area contributed by atoms with Crippen molar-refractivity contribution in [3.63, 3.8) is 0 Å². The number of nitrogens with one attached hydrogen (secondary N) is 1. The van der Waals surface area contributed by atoms with E-state index in [-0.39, 0.29) is 6.04 Å². The van der Waals surface area contributed by atoms with Gasteiger partial charge in [-0.1, -0.05) is 12.1 Å². The molecule has 7 heteroatoms. The van der Waals surface area contributed by atoms with Gasteiger partial charge in [0.1, 0.15) is 18.5 Å². The Labute approximate surface area is 151 Å². The highest BCUT2D eigenvalue weighted by Crippen LogP contribution is 2.23. The number of fused-ring (bicyclic) bond motifs is 1. The van der Waals surface area contributed by atoms with Crippen LogP contribution in [0, 0.1) is 20.8 Å². The third-order valence-electron chi connectivity index (χ3n) is 4.63. The van der Waals surface area contributed by atoms with Crippen LogP contribution in [-0.2, 0) is 0 Å². The van der Waals surface area contributed by atoms with Crippen LogP contribution in [-0.4, -0.2) is 29.4 Å². The standard InChI is InChI=1S/C19H21N7/c1-12-9-18(26-19(22-12)13(2)14(3)24-26)23-15(4)16-5-7-17(8-6-16)25-11-20-10-21-25/h5-11,15,23H,1-4H3. The van der Waals surface area contributed by atoms with E-state index in [2.05, 4.69) is 51.5 Å². The summed E-state index contributed by atoms with van der Waals surface area (Å²) >= 11 is 0. The number of aromatic nitrogens is 6. The predicted molar refractivity (Wildman–Crippen MR) is 101 cm³/mol. The zero-order valence-electron chi connectivity index (χ0n) is 15.3. The molecule has 0 saturated heterocycles. The van der Waals surface area contributed by atoms with Gasteiger partial charge < -0.3 is 5.32 Å². The average molecular weight is 347 g/mol. The lowest BCUT2D eigenvalue weighted by atomic mass is 10.1. The molecule has 132 valence electrons. The van der Waals surface area contributed by atoms with E-state index in [1.54, 1.807) is 11.0 Å². The van der Waals surface area contributed by atoms with Crippen LogP contribution in [0.25, 0.3) is 11.3 Å². The Bertz CT molecular complexity index is 1050. The van der Waals surface area contributed by atoms with E-state index >= 15 is 0 Å². The van der Waals surface area contributed by atoms with Gasteiger partial charge in [-0.15, -0.1) is 0 Å². The molecule has 0 radical (unpaired) electrons. The first-order valence-electron chi connectivity index (χ1n) is 8.58. The minimum absolute atomic E-state index is 0.120. The van der Waals surface area contributed by atoms with E-state index in [0.29, 0.717) is 0 Å². The van der Waals surface area contributed by atoms with Gasteiger partial charge in [0.15, 0.2) is 5.65 Å². The van der Waals surface area contributed by atoms with E-state index in [9.17, 15) is 0 Å². The summed E-state index contributed by atoms with van der Waals surface area (Å²) in [7, 11) is 0. The monoisotopic (exact) mass is 347 g/mol. The van der Waals surface area contributed by atoms with Gasteiger partial charge in [-0.3, -0.25) is 0 Å². The normalized spacial score (nSPS) is 12.5. The summed E-state index contributed by atoms with van der Waals surface area (Å²) in [6.45, 7) is 8.20. The van der Waals surface area contributed by atoms with Crippen LogP contribution >= 0.6 is 0 Å². The summed E-state index contributed by atoms with van der Waals surface area (Å²) in [5.74, 6) is 0.941. The Hall–Kier alpha value is -3.22. The number of benzene rings is 1. The Morgan fingerprint density at radius 1 is 1.08 bits per heavy atom. The predicted octanol–water partition coefficient (Wildman–Crippen LogP) is 3.41. The molecule has 1 unspecified atom stereocenters. The van der Waals surface area contributed by atoms with Crippen molar-refractivity contribution in [2.75, 3.05) is 5.32 Å². The molecule has 4 rings (SSSR count). The van der Waals surface area contributed by atoms with Gasteiger partial charge >= 0.3 is 0 Å². The van der Waals surface area contributed by atoms with Crippen LogP contribution in [0.1, 0.15) is 35.5 Å². The second-order valence-electron chi connectivity index (χ2n) is 6.53. The molecule has 0 aliphatic heterocycles. The molecule has 4 aromatic rings. The topological polar surface area (TPSA) is 72.9 Å². The first-order chi connectivity index (χ1) is 12.5. The average Bonchev–Trinajstić information content (AvgIpc) is 3.26. The molecular weight excluding hydrogens is 326 g/mol. The molecule has 1 atom stereocenters. The molecule has 1 N–H and O–H groups in total. The maximum Gasteiger partial charge on any atom is 0.160 e. The minimum Gasteiger partial charge on any atom is -0.363 e. The lowest BCUT2D eigenvalue weighted by molar-refractivity contribution is 0.829. The van der Waals surface area contributed by atoms with E-state index in [0.717, 1.165) is 34.1 Å². The fraction of sp³-hybridized carbons (Fsp3) is 0.263. The van der Waals surface area contributed by atoms with Gasteiger partial charge in [0.05, 0.1) is 11.4 Å². The molecule has 3 heterocycles. The van der Waals surface area contributed by atoms with Crippen molar-refractivity contribution in [2.45, 2.75) is 33.7 Å². The first kappa shape index (κ1) is 16.3. The van der Waals surface area contributed by atoms with Gasteiger partial charge in [-0.05, 0) is 45.4 Å². The Morgan fingerprint density at radius 3 is 2.54 bits per heavy atom. The smallest absolute Gasteiger partial charge is 0.160 e. The van der Waals surface area contributed by atoms with Gasteiger partial charge in [0.2, 0.25) is 0 Å². The van der Waals surface area contributed by atoms with E-state index in [1.807, 2.05) is 36.6 Å². The van der Waals surface area contributed by atoms with Gasteiger partial charge in [0, 0.05) is 23.4 Å². The second-order valence-corrected chi connectivity index (χ2v) is 6.53. The fourth-order valence-corrected chi connectivity index (χ4v) is 3.02. The lowest BCUT2D eigenvalue weighted by Crippen LogP contribution is -2.11. The quantitative estimate of drug-likeness (QED) is 0.612. The van der Waals surface area contributed by atoms with Crippen LogP contribution in [0.5, 0.6) is 0 Å². The summed E-state index contributed by atoms with van der Waals surface area (Å²) in [5.41, 5.74) is 6.14. The number of hydrogen-bond acceptors (Lipinski definition) is 5. The second kappa shape index (κ2) is 6.25. The van der Waals surface area contributed by atoms with Gasteiger partial charge in [0.25, 0.3) is 0 Å². The van der Waals surface area contributed by atoms with Crippen molar-refractivity contribution in [1.29, 1.82) is 0 Å². The number of aryl methyl sites for hydroxylation is 3. The molecule has 0 amide bonds. The maximum atomic E-state index is 4.62. The summed E-state index contributed by atoms with van der Waals surface area (Å²) in [6.07, 6.45) is 3.22. The summed E-state index contributed by atoms with van der Waals surface area (Å²) in [4.78, 5) is 8.60. The molecule has 26 heavy (non-hydrogen) atoms.